The Hall–Kier alpha value is -0.770. The predicted octanol–water partition coefficient (Wildman–Crippen LogP) is 2.24. The van der Waals surface area contributed by atoms with E-state index in [0.717, 1.165) is 50.9 Å². The maximum atomic E-state index is 11.9. The lowest BCUT2D eigenvalue weighted by molar-refractivity contribution is 0.0163. The van der Waals surface area contributed by atoms with Crippen LogP contribution in [-0.4, -0.2) is 42.8 Å². The van der Waals surface area contributed by atoms with Gasteiger partial charge in [-0.25, -0.2) is 4.79 Å². The van der Waals surface area contributed by atoms with Gasteiger partial charge in [0.2, 0.25) is 0 Å². The van der Waals surface area contributed by atoms with Crippen molar-refractivity contribution in [2.24, 2.45) is 11.8 Å². The van der Waals surface area contributed by atoms with E-state index >= 15 is 0 Å². The molecule has 0 aromatic carbocycles. The van der Waals surface area contributed by atoms with Gasteiger partial charge >= 0.3 is 6.09 Å². The van der Waals surface area contributed by atoms with Crippen LogP contribution in [-0.2, 0) is 4.74 Å². The first-order valence-electron chi connectivity index (χ1n) is 7.14. The van der Waals surface area contributed by atoms with Crippen molar-refractivity contribution in [3.63, 3.8) is 0 Å². The minimum absolute atomic E-state index is 0.148. The molecule has 0 bridgehead atoms. The molecule has 2 aliphatic rings. The van der Waals surface area contributed by atoms with Gasteiger partial charge in [0.1, 0.15) is 5.60 Å². The highest BCUT2D eigenvalue weighted by Gasteiger charge is 2.31. The Labute approximate surface area is 110 Å². The summed E-state index contributed by atoms with van der Waals surface area (Å²) in [4.78, 5) is 13.8. The van der Waals surface area contributed by atoms with Crippen molar-refractivity contribution in [3.05, 3.63) is 0 Å². The van der Waals surface area contributed by atoms with E-state index in [4.69, 9.17) is 4.74 Å². The minimum atomic E-state index is -0.386. The quantitative estimate of drug-likeness (QED) is 0.780. The van der Waals surface area contributed by atoms with E-state index in [1.165, 1.54) is 6.42 Å². The minimum Gasteiger partial charge on any atom is -0.444 e. The van der Waals surface area contributed by atoms with Gasteiger partial charge in [-0.2, -0.15) is 0 Å². The van der Waals surface area contributed by atoms with Gasteiger partial charge in [0, 0.05) is 13.1 Å². The Bertz CT molecular complexity index is 285. The summed E-state index contributed by atoms with van der Waals surface area (Å²) >= 11 is 0. The average molecular weight is 254 g/mol. The summed E-state index contributed by atoms with van der Waals surface area (Å²) in [7, 11) is 0. The number of carbonyl (C=O) groups is 1. The van der Waals surface area contributed by atoms with Gasteiger partial charge < -0.3 is 15.0 Å². The Balaban J connectivity index is 1.77. The number of rotatable bonds is 1. The number of ether oxygens (including phenoxy) is 1. The topological polar surface area (TPSA) is 41.6 Å². The summed E-state index contributed by atoms with van der Waals surface area (Å²) in [5.41, 5.74) is -0.386. The molecule has 0 aromatic heterocycles. The standard InChI is InChI=1S/C14H26N2O2/c1-14(2,3)18-13(17)16-8-5-11(6-9-16)12-4-7-15-10-12/h11-12,15H,4-10H2,1-3H3/t12-/m0/s1. The molecule has 18 heavy (non-hydrogen) atoms. The fourth-order valence-corrected chi connectivity index (χ4v) is 2.96. The molecule has 4 nitrogen and oxygen atoms in total. The Morgan fingerprint density at radius 2 is 1.83 bits per heavy atom. The number of hydrogen-bond donors (Lipinski definition) is 1. The van der Waals surface area contributed by atoms with Crippen molar-refractivity contribution in [1.29, 1.82) is 0 Å². The first kappa shape index (κ1) is 13.7. The summed E-state index contributed by atoms with van der Waals surface area (Å²) in [6.45, 7) is 9.80. The van der Waals surface area contributed by atoms with Crippen molar-refractivity contribution >= 4 is 6.09 Å². The molecule has 0 aromatic rings. The highest BCUT2D eigenvalue weighted by Crippen LogP contribution is 2.29. The van der Waals surface area contributed by atoms with Crippen molar-refractivity contribution in [1.82, 2.24) is 10.2 Å². The van der Waals surface area contributed by atoms with Crippen molar-refractivity contribution in [3.8, 4) is 0 Å². The summed E-state index contributed by atoms with van der Waals surface area (Å²) < 4.78 is 5.41. The summed E-state index contributed by atoms with van der Waals surface area (Å²) in [5, 5.41) is 3.43. The molecule has 2 aliphatic heterocycles. The molecule has 4 heteroatoms. The van der Waals surface area contributed by atoms with Crippen LogP contribution in [0.4, 0.5) is 4.79 Å². The van der Waals surface area contributed by atoms with Crippen LogP contribution in [0.1, 0.15) is 40.0 Å². The maximum Gasteiger partial charge on any atom is 0.410 e. The van der Waals surface area contributed by atoms with E-state index in [-0.39, 0.29) is 11.7 Å². The highest BCUT2D eigenvalue weighted by atomic mass is 16.6. The van der Waals surface area contributed by atoms with Crippen LogP contribution in [0.3, 0.4) is 0 Å². The number of nitrogens with one attached hydrogen (secondary N) is 1. The fraction of sp³-hybridized carbons (Fsp3) is 0.929. The Kier molecular flexibility index (Phi) is 4.15. The van der Waals surface area contributed by atoms with Crippen molar-refractivity contribution in [2.45, 2.75) is 45.6 Å². The maximum absolute atomic E-state index is 11.9. The monoisotopic (exact) mass is 254 g/mol. The van der Waals surface area contributed by atoms with E-state index < -0.39 is 0 Å². The molecule has 0 radical (unpaired) electrons. The molecular formula is C14H26N2O2. The van der Waals surface area contributed by atoms with Crippen LogP contribution >= 0.6 is 0 Å². The van der Waals surface area contributed by atoms with Crippen LogP contribution < -0.4 is 5.32 Å². The first-order chi connectivity index (χ1) is 8.46. The van der Waals surface area contributed by atoms with Gasteiger partial charge in [-0.15, -0.1) is 0 Å². The lowest BCUT2D eigenvalue weighted by Crippen LogP contribution is -2.43. The van der Waals surface area contributed by atoms with Crippen LogP contribution in [0, 0.1) is 11.8 Å². The average Bonchev–Trinajstić information content (AvgIpc) is 2.80. The third-order valence-corrected chi connectivity index (χ3v) is 3.96. The highest BCUT2D eigenvalue weighted by molar-refractivity contribution is 5.68. The smallest absolute Gasteiger partial charge is 0.410 e. The molecule has 0 aliphatic carbocycles. The zero-order chi connectivity index (χ0) is 13.2. The lowest BCUT2D eigenvalue weighted by atomic mass is 9.84. The van der Waals surface area contributed by atoms with Gasteiger partial charge in [0.05, 0.1) is 0 Å². The first-order valence-corrected chi connectivity index (χ1v) is 7.14. The number of amides is 1. The molecule has 1 N–H and O–H groups in total. The van der Waals surface area contributed by atoms with E-state index in [2.05, 4.69) is 5.32 Å². The molecule has 2 rings (SSSR count). The van der Waals surface area contributed by atoms with E-state index in [1.54, 1.807) is 0 Å². The molecule has 104 valence electrons. The van der Waals surface area contributed by atoms with Gasteiger partial charge in [-0.05, 0) is 65.0 Å². The third-order valence-electron chi connectivity index (χ3n) is 3.96. The van der Waals surface area contributed by atoms with Gasteiger partial charge in [-0.3, -0.25) is 0 Å². The van der Waals surface area contributed by atoms with E-state index in [0.29, 0.717) is 0 Å². The molecular weight excluding hydrogens is 228 g/mol. The summed E-state index contributed by atoms with van der Waals surface area (Å²) in [5.74, 6) is 1.62. The van der Waals surface area contributed by atoms with Gasteiger partial charge in [-0.1, -0.05) is 0 Å². The number of hydrogen-bond acceptors (Lipinski definition) is 3. The molecule has 0 unspecified atom stereocenters. The van der Waals surface area contributed by atoms with Crippen LogP contribution in [0.2, 0.25) is 0 Å². The van der Waals surface area contributed by atoms with E-state index in [9.17, 15) is 4.79 Å². The zero-order valence-corrected chi connectivity index (χ0v) is 11.9. The fourth-order valence-electron chi connectivity index (χ4n) is 2.96. The SMILES string of the molecule is CC(C)(C)OC(=O)N1CCC([C@H]2CCNC2)CC1. The second-order valence-corrected chi connectivity index (χ2v) is 6.56. The molecule has 0 spiro atoms. The zero-order valence-electron chi connectivity index (χ0n) is 11.9. The van der Waals surface area contributed by atoms with Crippen LogP contribution in [0.25, 0.3) is 0 Å². The predicted molar refractivity (Wildman–Crippen MR) is 71.5 cm³/mol. The largest absolute Gasteiger partial charge is 0.444 e. The van der Waals surface area contributed by atoms with Gasteiger partial charge in [0.25, 0.3) is 0 Å². The molecule has 2 fully saturated rings. The molecule has 2 saturated heterocycles. The number of piperidine rings is 1. The van der Waals surface area contributed by atoms with Crippen molar-refractivity contribution in [2.75, 3.05) is 26.2 Å². The molecule has 1 atom stereocenters. The summed E-state index contributed by atoms with van der Waals surface area (Å²) in [6, 6.07) is 0. The number of carbonyl (C=O) groups excluding carboxylic acids is 1. The second kappa shape index (κ2) is 5.47. The van der Waals surface area contributed by atoms with Crippen LogP contribution in [0.5, 0.6) is 0 Å². The molecule has 1 amide bonds. The molecule has 2 heterocycles. The third kappa shape index (κ3) is 3.61. The van der Waals surface area contributed by atoms with Crippen LogP contribution in [0.15, 0.2) is 0 Å². The summed E-state index contributed by atoms with van der Waals surface area (Å²) in [6.07, 6.45) is 3.42. The van der Waals surface area contributed by atoms with Gasteiger partial charge in [0.15, 0.2) is 0 Å². The van der Waals surface area contributed by atoms with E-state index in [1.807, 2.05) is 25.7 Å². The Morgan fingerprint density at radius 1 is 1.17 bits per heavy atom. The molecule has 0 saturated carbocycles. The number of nitrogens with zero attached hydrogens (tertiary/aromatic N) is 1. The lowest BCUT2D eigenvalue weighted by Gasteiger charge is -2.35. The van der Waals surface area contributed by atoms with Crippen molar-refractivity contribution < 1.29 is 9.53 Å². The Morgan fingerprint density at radius 3 is 2.33 bits per heavy atom. The number of likely N-dealkylation sites (tertiary alicyclic amines) is 1. The normalized spacial score (nSPS) is 26.4. The second-order valence-electron chi connectivity index (χ2n) is 6.56.